The minimum absolute atomic E-state index is 0.0320. The van der Waals surface area contributed by atoms with Crippen molar-refractivity contribution in [1.82, 2.24) is 10.3 Å². The van der Waals surface area contributed by atoms with Crippen LogP contribution in [0.2, 0.25) is 0 Å². The zero-order chi connectivity index (χ0) is 13.9. The van der Waals surface area contributed by atoms with Crippen molar-refractivity contribution in [2.24, 2.45) is 0 Å². The Hall–Kier alpha value is -1.72. The summed E-state index contributed by atoms with van der Waals surface area (Å²) in [6, 6.07) is 9.98. The summed E-state index contributed by atoms with van der Waals surface area (Å²) in [5.74, 6) is 1.83. The standard InChI is InChI=1S/C15H17N3OS/c1-17-15(10-8-18-7-6-11(10)16)13-9-20-14-5-3-2-4-12(14)19-13/h2-8,13,15,17H,9H2,1H3,(H2,16,18). The second kappa shape index (κ2) is 5.73. The molecule has 1 aromatic carbocycles. The molecule has 0 amide bonds. The molecule has 1 aliphatic rings. The highest BCUT2D eigenvalue weighted by atomic mass is 32.2. The number of anilines is 1. The van der Waals surface area contributed by atoms with Crippen LogP contribution >= 0.6 is 11.8 Å². The van der Waals surface area contributed by atoms with Gasteiger partial charge in [0.25, 0.3) is 0 Å². The fourth-order valence-corrected chi connectivity index (χ4v) is 3.46. The van der Waals surface area contributed by atoms with Crippen LogP contribution in [0.25, 0.3) is 0 Å². The molecule has 3 N–H and O–H groups in total. The van der Waals surface area contributed by atoms with E-state index in [2.05, 4.69) is 16.4 Å². The van der Waals surface area contributed by atoms with E-state index in [9.17, 15) is 0 Å². The molecule has 0 aliphatic carbocycles. The van der Waals surface area contributed by atoms with E-state index in [-0.39, 0.29) is 12.1 Å². The Labute approximate surface area is 122 Å². The number of nitrogens with zero attached hydrogens (tertiary/aromatic N) is 1. The van der Waals surface area contributed by atoms with Gasteiger partial charge in [-0.1, -0.05) is 12.1 Å². The molecule has 104 valence electrons. The number of aromatic nitrogens is 1. The molecule has 1 aliphatic heterocycles. The molecule has 0 saturated heterocycles. The summed E-state index contributed by atoms with van der Waals surface area (Å²) in [6.45, 7) is 0. The van der Waals surface area contributed by atoms with Gasteiger partial charge in [-0.3, -0.25) is 4.98 Å². The number of pyridine rings is 1. The number of benzene rings is 1. The number of fused-ring (bicyclic) bond motifs is 1. The molecule has 0 saturated carbocycles. The van der Waals surface area contributed by atoms with Crippen LogP contribution < -0.4 is 15.8 Å². The van der Waals surface area contributed by atoms with Crippen molar-refractivity contribution in [3.05, 3.63) is 48.3 Å². The first-order chi connectivity index (χ1) is 9.79. The Morgan fingerprint density at radius 1 is 1.40 bits per heavy atom. The summed E-state index contributed by atoms with van der Waals surface area (Å²) in [4.78, 5) is 5.36. The van der Waals surface area contributed by atoms with Gasteiger partial charge < -0.3 is 15.8 Å². The molecule has 0 radical (unpaired) electrons. The number of rotatable bonds is 3. The van der Waals surface area contributed by atoms with Crippen molar-refractivity contribution in [2.75, 3.05) is 18.5 Å². The Kier molecular flexibility index (Phi) is 3.80. The number of ether oxygens (including phenoxy) is 1. The first kappa shape index (κ1) is 13.3. The number of nitrogens with two attached hydrogens (primary N) is 1. The second-order valence-electron chi connectivity index (χ2n) is 4.68. The van der Waals surface area contributed by atoms with E-state index in [0.717, 1.165) is 22.8 Å². The van der Waals surface area contributed by atoms with Crippen molar-refractivity contribution in [3.8, 4) is 5.75 Å². The third-order valence-electron chi connectivity index (χ3n) is 3.44. The van der Waals surface area contributed by atoms with Crippen LogP contribution in [-0.4, -0.2) is 23.9 Å². The third-order valence-corrected chi connectivity index (χ3v) is 4.58. The normalized spacial score (nSPS) is 18.9. The number of hydrogen-bond acceptors (Lipinski definition) is 5. The highest BCUT2D eigenvalue weighted by Crippen LogP contribution is 2.38. The van der Waals surface area contributed by atoms with Gasteiger partial charge in [-0.15, -0.1) is 11.8 Å². The van der Waals surface area contributed by atoms with Crippen molar-refractivity contribution in [3.63, 3.8) is 0 Å². The molecule has 20 heavy (non-hydrogen) atoms. The lowest BCUT2D eigenvalue weighted by atomic mass is 10.0. The fraction of sp³-hybridized carbons (Fsp3) is 0.267. The predicted octanol–water partition coefficient (Wildman–Crippen LogP) is 2.48. The summed E-state index contributed by atoms with van der Waals surface area (Å²) in [6.07, 6.45) is 3.55. The van der Waals surface area contributed by atoms with Crippen LogP contribution in [0, 0.1) is 0 Å². The summed E-state index contributed by atoms with van der Waals surface area (Å²) >= 11 is 1.81. The van der Waals surface area contributed by atoms with Gasteiger partial charge in [0.1, 0.15) is 11.9 Å². The van der Waals surface area contributed by atoms with E-state index < -0.39 is 0 Å². The van der Waals surface area contributed by atoms with Gasteiger partial charge in [-0.25, -0.2) is 0 Å². The minimum atomic E-state index is 0.0320. The van der Waals surface area contributed by atoms with Crippen LogP contribution in [0.1, 0.15) is 11.6 Å². The Balaban J connectivity index is 1.87. The molecule has 2 aromatic rings. The molecule has 2 atom stereocenters. The molecular formula is C15H17N3OS. The topological polar surface area (TPSA) is 60.2 Å². The molecule has 0 bridgehead atoms. The van der Waals surface area contributed by atoms with Crippen molar-refractivity contribution in [1.29, 1.82) is 0 Å². The number of hydrogen-bond donors (Lipinski definition) is 2. The third kappa shape index (κ3) is 2.46. The maximum absolute atomic E-state index is 6.13. The van der Waals surface area contributed by atoms with Gasteiger partial charge in [-0.05, 0) is 25.2 Å². The first-order valence-electron chi connectivity index (χ1n) is 6.54. The Morgan fingerprint density at radius 3 is 3.05 bits per heavy atom. The van der Waals surface area contributed by atoms with Crippen LogP contribution in [0.3, 0.4) is 0 Å². The van der Waals surface area contributed by atoms with Gasteiger partial charge in [0, 0.05) is 34.3 Å². The molecular weight excluding hydrogens is 270 g/mol. The maximum atomic E-state index is 6.13. The summed E-state index contributed by atoms with van der Waals surface area (Å²) < 4.78 is 6.13. The van der Waals surface area contributed by atoms with Crippen LogP contribution in [0.15, 0.2) is 47.6 Å². The van der Waals surface area contributed by atoms with E-state index in [4.69, 9.17) is 10.5 Å². The number of nitrogen functional groups attached to an aromatic ring is 1. The van der Waals surface area contributed by atoms with E-state index in [1.54, 1.807) is 6.20 Å². The largest absolute Gasteiger partial charge is 0.486 e. The molecule has 2 heterocycles. The van der Waals surface area contributed by atoms with Gasteiger partial charge in [0.2, 0.25) is 0 Å². The van der Waals surface area contributed by atoms with Crippen LogP contribution in [-0.2, 0) is 0 Å². The zero-order valence-corrected chi connectivity index (χ0v) is 12.1. The first-order valence-corrected chi connectivity index (χ1v) is 7.53. The lowest BCUT2D eigenvalue weighted by Gasteiger charge is -2.32. The van der Waals surface area contributed by atoms with Gasteiger partial charge in [-0.2, -0.15) is 0 Å². The smallest absolute Gasteiger partial charge is 0.133 e. The molecule has 3 rings (SSSR count). The highest BCUT2D eigenvalue weighted by molar-refractivity contribution is 7.99. The molecule has 2 unspecified atom stereocenters. The second-order valence-corrected chi connectivity index (χ2v) is 5.75. The summed E-state index contributed by atoms with van der Waals surface area (Å²) in [5.41, 5.74) is 7.78. The monoisotopic (exact) mass is 287 g/mol. The Morgan fingerprint density at radius 2 is 2.25 bits per heavy atom. The lowest BCUT2D eigenvalue weighted by molar-refractivity contribution is 0.171. The van der Waals surface area contributed by atoms with Crippen molar-refractivity contribution in [2.45, 2.75) is 17.0 Å². The highest BCUT2D eigenvalue weighted by Gasteiger charge is 2.29. The molecule has 4 nitrogen and oxygen atoms in total. The minimum Gasteiger partial charge on any atom is -0.486 e. The Bertz CT molecular complexity index is 605. The SMILES string of the molecule is CNC(c1cnccc1N)C1CSc2ccccc2O1. The molecule has 5 heteroatoms. The predicted molar refractivity (Wildman–Crippen MR) is 82.0 cm³/mol. The average Bonchev–Trinajstić information content (AvgIpc) is 2.50. The van der Waals surface area contributed by atoms with Gasteiger partial charge >= 0.3 is 0 Å². The summed E-state index contributed by atoms with van der Waals surface area (Å²) in [7, 11) is 1.92. The van der Waals surface area contributed by atoms with Crippen LogP contribution in [0.4, 0.5) is 5.69 Å². The van der Waals surface area contributed by atoms with E-state index in [1.807, 2.05) is 49.3 Å². The molecule has 0 fully saturated rings. The fourth-order valence-electron chi connectivity index (χ4n) is 2.42. The van der Waals surface area contributed by atoms with Crippen molar-refractivity contribution >= 4 is 17.4 Å². The van der Waals surface area contributed by atoms with Crippen molar-refractivity contribution < 1.29 is 4.74 Å². The average molecular weight is 287 g/mol. The van der Waals surface area contributed by atoms with E-state index in [1.165, 1.54) is 4.90 Å². The van der Waals surface area contributed by atoms with E-state index in [0.29, 0.717) is 0 Å². The van der Waals surface area contributed by atoms with Crippen LogP contribution in [0.5, 0.6) is 5.75 Å². The number of thioether (sulfide) groups is 1. The number of para-hydroxylation sites is 1. The number of likely N-dealkylation sites (N-methyl/N-ethyl adjacent to an activating group) is 1. The molecule has 0 spiro atoms. The van der Waals surface area contributed by atoms with Gasteiger partial charge in [0.15, 0.2) is 0 Å². The number of nitrogens with one attached hydrogen (secondary N) is 1. The zero-order valence-electron chi connectivity index (χ0n) is 11.2. The maximum Gasteiger partial charge on any atom is 0.133 e. The quantitative estimate of drug-likeness (QED) is 0.908. The summed E-state index contributed by atoms with van der Waals surface area (Å²) in [5, 5.41) is 3.30. The lowest BCUT2D eigenvalue weighted by Crippen LogP contribution is -2.37. The van der Waals surface area contributed by atoms with Gasteiger partial charge in [0.05, 0.1) is 6.04 Å². The van der Waals surface area contributed by atoms with E-state index >= 15 is 0 Å². The molecule has 1 aromatic heterocycles.